The van der Waals surface area contributed by atoms with Gasteiger partial charge in [-0.15, -0.1) is 0 Å². The van der Waals surface area contributed by atoms with Gasteiger partial charge in [0.25, 0.3) is 0 Å². The summed E-state index contributed by atoms with van der Waals surface area (Å²) in [5, 5.41) is 9.68. The molecule has 0 spiro atoms. The molecule has 0 N–H and O–H groups in total. The fourth-order valence-corrected chi connectivity index (χ4v) is 4.58. The quantitative estimate of drug-likeness (QED) is 0.446. The van der Waals surface area contributed by atoms with Crippen LogP contribution in [0.15, 0.2) is 99.3 Å². The standard InChI is InChI=1S/C24H17NO3S/c1-17-12-14-20(15-13-17)29(26,27)24-22(18-8-4-2-5-9-18)21(16-25)23(28-24)19-10-6-3-7-11-19/h2-15H,1H3. The van der Waals surface area contributed by atoms with Gasteiger partial charge in [0, 0.05) is 5.56 Å². The van der Waals surface area contributed by atoms with Crippen molar-refractivity contribution in [1.29, 1.82) is 5.26 Å². The average molecular weight is 399 g/mol. The van der Waals surface area contributed by atoms with Crippen LogP contribution in [0.4, 0.5) is 0 Å². The van der Waals surface area contributed by atoms with Crippen molar-refractivity contribution in [1.82, 2.24) is 0 Å². The second-order valence-electron chi connectivity index (χ2n) is 6.63. The molecule has 0 radical (unpaired) electrons. The Balaban J connectivity index is 2.05. The van der Waals surface area contributed by atoms with Gasteiger partial charge in [0.15, 0.2) is 5.76 Å². The smallest absolute Gasteiger partial charge is 0.240 e. The van der Waals surface area contributed by atoms with Crippen molar-refractivity contribution in [3.05, 3.63) is 96.1 Å². The summed E-state index contributed by atoms with van der Waals surface area (Å²) in [5.41, 5.74) is 2.70. The number of sulfone groups is 1. The Morgan fingerprint density at radius 1 is 0.793 bits per heavy atom. The van der Waals surface area contributed by atoms with Crippen LogP contribution >= 0.6 is 0 Å². The fourth-order valence-electron chi connectivity index (χ4n) is 3.19. The van der Waals surface area contributed by atoms with Gasteiger partial charge < -0.3 is 4.42 Å². The first-order valence-corrected chi connectivity index (χ1v) is 10.5. The maximum Gasteiger partial charge on any atom is 0.240 e. The summed E-state index contributed by atoms with van der Waals surface area (Å²) >= 11 is 0. The van der Waals surface area contributed by atoms with Gasteiger partial charge in [0.1, 0.15) is 11.6 Å². The number of aryl methyl sites for hydroxylation is 1. The SMILES string of the molecule is Cc1ccc(S(=O)(=O)c2oc(-c3ccccc3)c(C#N)c2-c2ccccc2)cc1. The van der Waals surface area contributed by atoms with Crippen molar-refractivity contribution in [2.75, 3.05) is 0 Å². The predicted octanol–water partition coefficient (Wildman–Crippen LogP) is 5.63. The molecular formula is C24H17NO3S. The van der Waals surface area contributed by atoms with Gasteiger partial charge in [-0.05, 0) is 24.6 Å². The molecule has 29 heavy (non-hydrogen) atoms. The fraction of sp³-hybridized carbons (Fsp3) is 0.0417. The molecule has 142 valence electrons. The zero-order valence-corrected chi connectivity index (χ0v) is 16.5. The first-order chi connectivity index (χ1) is 14.0. The van der Waals surface area contributed by atoms with Gasteiger partial charge in [0.05, 0.1) is 10.5 Å². The van der Waals surface area contributed by atoms with Crippen LogP contribution in [0, 0.1) is 18.3 Å². The zero-order chi connectivity index (χ0) is 20.4. The van der Waals surface area contributed by atoms with Crippen molar-refractivity contribution in [3.63, 3.8) is 0 Å². The number of furan rings is 1. The number of nitriles is 1. The summed E-state index contributed by atoms with van der Waals surface area (Å²) in [4.78, 5) is 0.123. The maximum absolute atomic E-state index is 13.4. The topological polar surface area (TPSA) is 71.1 Å². The van der Waals surface area contributed by atoms with Crippen molar-refractivity contribution < 1.29 is 12.8 Å². The van der Waals surface area contributed by atoms with E-state index in [1.165, 1.54) is 0 Å². The monoisotopic (exact) mass is 399 g/mol. The summed E-state index contributed by atoms with van der Waals surface area (Å²) in [6.45, 7) is 1.89. The molecule has 0 amide bonds. The third-order valence-corrected chi connectivity index (χ3v) is 6.33. The lowest BCUT2D eigenvalue weighted by Gasteiger charge is -2.06. The van der Waals surface area contributed by atoms with Crippen LogP contribution in [-0.2, 0) is 9.84 Å². The molecule has 0 saturated carbocycles. The lowest BCUT2D eigenvalue weighted by molar-refractivity contribution is 0.463. The van der Waals surface area contributed by atoms with Gasteiger partial charge in [-0.2, -0.15) is 5.26 Å². The zero-order valence-electron chi connectivity index (χ0n) is 15.7. The Morgan fingerprint density at radius 3 is 1.90 bits per heavy atom. The number of benzene rings is 3. The molecule has 0 aliphatic rings. The Bertz CT molecular complexity index is 1300. The lowest BCUT2D eigenvalue weighted by atomic mass is 10.0. The van der Waals surface area contributed by atoms with Gasteiger partial charge in [0.2, 0.25) is 14.9 Å². The number of rotatable bonds is 4. The molecule has 1 aromatic heterocycles. The summed E-state index contributed by atoms with van der Waals surface area (Å²) in [6.07, 6.45) is 0. The van der Waals surface area contributed by atoms with Crippen LogP contribution in [0.5, 0.6) is 0 Å². The number of hydrogen-bond acceptors (Lipinski definition) is 4. The highest BCUT2D eigenvalue weighted by molar-refractivity contribution is 7.91. The van der Waals surface area contributed by atoms with Gasteiger partial charge >= 0.3 is 0 Å². The van der Waals surface area contributed by atoms with Crippen LogP contribution in [0.1, 0.15) is 11.1 Å². The average Bonchev–Trinajstić information content (AvgIpc) is 3.16. The van der Waals surface area contributed by atoms with Gasteiger partial charge in [-0.1, -0.05) is 78.4 Å². The van der Waals surface area contributed by atoms with Crippen LogP contribution in [0.3, 0.4) is 0 Å². The molecule has 5 heteroatoms. The van der Waals surface area contributed by atoms with E-state index in [0.29, 0.717) is 11.1 Å². The van der Waals surface area contributed by atoms with E-state index >= 15 is 0 Å². The van der Waals surface area contributed by atoms with E-state index in [2.05, 4.69) is 6.07 Å². The van der Waals surface area contributed by atoms with E-state index in [1.807, 2.05) is 31.2 Å². The van der Waals surface area contributed by atoms with Crippen molar-refractivity contribution in [3.8, 4) is 28.5 Å². The Kier molecular flexibility index (Phi) is 4.79. The molecule has 0 saturated heterocycles. The van der Waals surface area contributed by atoms with E-state index in [1.54, 1.807) is 60.7 Å². The van der Waals surface area contributed by atoms with Crippen molar-refractivity contribution in [2.45, 2.75) is 16.9 Å². The van der Waals surface area contributed by atoms with Crippen molar-refractivity contribution in [2.24, 2.45) is 0 Å². The molecule has 3 aromatic carbocycles. The first-order valence-electron chi connectivity index (χ1n) is 9.02. The highest BCUT2D eigenvalue weighted by Gasteiger charge is 2.32. The molecule has 4 rings (SSSR count). The minimum atomic E-state index is -3.97. The molecule has 0 bridgehead atoms. The molecule has 0 aliphatic carbocycles. The second kappa shape index (κ2) is 7.42. The van der Waals surface area contributed by atoms with Crippen LogP contribution < -0.4 is 0 Å². The first kappa shape index (κ1) is 18.7. The maximum atomic E-state index is 13.4. The van der Waals surface area contributed by atoms with Crippen molar-refractivity contribution >= 4 is 9.84 Å². The Hall–Kier alpha value is -3.62. The molecule has 4 nitrogen and oxygen atoms in total. The highest BCUT2D eigenvalue weighted by atomic mass is 32.2. The van der Waals surface area contributed by atoms with E-state index < -0.39 is 9.84 Å². The van der Waals surface area contributed by atoms with E-state index in [4.69, 9.17) is 4.42 Å². The minimum absolute atomic E-state index is 0.123. The minimum Gasteiger partial charge on any atom is -0.442 e. The van der Waals surface area contributed by atoms with Crippen LogP contribution in [-0.4, -0.2) is 8.42 Å². The molecular weight excluding hydrogens is 382 g/mol. The van der Waals surface area contributed by atoms with E-state index in [0.717, 1.165) is 5.56 Å². The van der Waals surface area contributed by atoms with Gasteiger partial charge in [-0.25, -0.2) is 8.42 Å². The number of hydrogen-bond donors (Lipinski definition) is 0. The normalized spacial score (nSPS) is 11.2. The molecule has 0 atom stereocenters. The molecule has 0 aliphatic heterocycles. The number of nitrogens with zero attached hydrogens (tertiary/aromatic N) is 1. The molecule has 0 unspecified atom stereocenters. The van der Waals surface area contributed by atoms with Crippen LogP contribution in [0.2, 0.25) is 0 Å². The lowest BCUT2D eigenvalue weighted by Crippen LogP contribution is -2.02. The predicted molar refractivity (Wildman–Crippen MR) is 111 cm³/mol. The van der Waals surface area contributed by atoms with E-state index in [-0.39, 0.29) is 26.9 Å². The largest absolute Gasteiger partial charge is 0.442 e. The summed E-state index contributed by atoms with van der Waals surface area (Å²) in [7, 11) is -3.97. The summed E-state index contributed by atoms with van der Waals surface area (Å²) in [5.74, 6) is 0.248. The third kappa shape index (κ3) is 3.35. The van der Waals surface area contributed by atoms with Gasteiger partial charge in [-0.3, -0.25) is 0 Å². The van der Waals surface area contributed by atoms with E-state index in [9.17, 15) is 13.7 Å². The van der Waals surface area contributed by atoms with Crippen LogP contribution in [0.25, 0.3) is 22.5 Å². The summed E-state index contributed by atoms with van der Waals surface area (Å²) in [6, 6.07) is 26.8. The summed E-state index contributed by atoms with van der Waals surface area (Å²) < 4.78 is 32.8. The highest BCUT2D eigenvalue weighted by Crippen LogP contribution is 2.41. The molecule has 1 heterocycles. The third-order valence-electron chi connectivity index (χ3n) is 4.66. The Morgan fingerprint density at radius 2 is 1.34 bits per heavy atom. The second-order valence-corrected chi connectivity index (χ2v) is 8.48. The Labute approximate surface area is 169 Å². The molecule has 0 fully saturated rings. The molecule has 4 aromatic rings.